The van der Waals surface area contributed by atoms with Crippen molar-refractivity contribution in [2.24, 2.45) is 0 Å². The van der Waals surface area contributed by atoms with Gasteiger partial charge in [-0.1, -0.05) is 35.0 Å². The monoisotopic (exact) mass is 330 g/mol. The number of anilines is 1. The lowest BCUT2D eigenvalue weighted by Gasteiger charge is -2.06. The number of nitrogens with zero attached hydrogens (tertiary/aromatic N) is 1. The lowest BCUT2D eigenvalue weighted by atomic mass is 10.2. The molecule has 20 heavy (non-hydrogen) atoms. The van der Waals surface area contributed by atoms with Crippen LogP contribution in [0.25, 0.3) is 11.1 Å². The van der Waals surface area contributed by atoms with Gasteiger partial charge in [-0.25, -0.2) is 4.98 Å². The number of oxazole rings is 1. The van der Waals surface area contributed by atoms with Gasteiger partial charge in [0.25, 0.3) is 0 Å². The molecule has 0 spiro atoms. The average molecular weight is 331 g/mol. The third-order valence-electron chi connectivity index (χ3n) is 3.12. The van der Waals surface area contributed by atoms with Gasteiger partial charge in [-0.15, -0.1) is 0 Å². The Bertz CT molecular complexity index is 736. The highest BCUT2D eigenvalue weighted by molar-refractivity contribution is 9.10. The van der Waals surface area contributed by atoms with E-state index in [2.05, 4.69) is 38.4 Å². The van der Waals surface area contributed by atoms with Gasteiger partial charge in [0, 0.05) is 23.1 Å². The predicted octanol–water partition coefficient (Wildman–Crippen LogP) is 4.76. The van der Waals surface area contributed by atoms with E-state index in [1.165, 1.54) is 5.56 Å². The normalized spacial score (nSPS) is 10.9. The Morgan fingerprint density at radius 2 is 2.10 bits per heavy atom. The molecule has 2 aromatic carbocycles. The van der Waals surface area contributed by atoms with Gasteiger partial charge in [0.05, 0.1) is 0 Å². The highest BCUT2D eigenvalue weighted by atomic mass is 79.9. The molecule has 3 nitrogen and oxygen atoms in total. The number of hydrogen-bond donors (Lipinski definition) is 1. The Morgan fingerprint density at radius 1 is 1.20 bits per heavy atom. The van der Waals surface area contributed by atoms with E-state index in [-0.39, 0.29) is 0 Å². The predicted molar refractivity (Wildman–Crippen MR) is 84.9 cm³/mol. The van der Waals surface area contributed by atoms with Crippen LogP contribution in [0.3, 0.4) is 0 Å². The van der Waals surface area contributed by atoms with Crippen molar-refractivity contribution < 1.29 is 4.42 Å². The Hall–Kier alpha value is -1.81. The van der Waals surface area contributed by atoms with E-state index < -0.39 is 0 Å². The molecule has 0 aliphatic heterocycles. The molecule has 0 aliphatic carbocycles. The molecule has 0 amide bonds. The summed E-state index contributed by atoms with van der Waals surface area (Å²) in [6, 6.07) is 14.3. The zero-order chi connectivity index (χ0) is 13.9. The van der Waals surface area contributed by atoms with E-state index in [4.69, 9.17) is 4.42 Å². The Kier molecular flexibility index (Phi) is 3.74. The topological polar surface area (TPSA) is 38.1 Å². The fourth-order valence-corrected chi connectivity index (χ4v) is 2.53. The second-order valence-corrected chi connectivity index (χ2v) is 5.54. The smallest absolute Gasteiger partial charge is 0.195 e. The number of fused-ring (bicyclic) bond motifs is 1. The highest BCUT2D eigenvalue weighted by Crippen LogP contribution is 2.21. The van der Waals surface area contributed by atoms with Crippen LogP contribution in [0.15, 0.2) is 51.4 Å². The molecule has 0 fully saturated rings. The summed E-state index contributed by atoms with van der Waals surface area (Å²) in [4.78, 5) is 4.45. The first-order valence-corrected chi connectivity index (χ1v) is 7.41. The molecular weight excluding hydrogens is 316 g/mol. The van der Waals surface area contributed by atoms with Gasteiger partial charge >= 0.3 is 0 Å². The van der Waals surface area contributed by atoms with Crippen LogP contribution in [0.4, 0.5) is 5.69 Å². The van der Waals surface area contributed by atoms with E-state index in [0.717, 1.165) is 40.1 Å². The molecule has 0 saturated heterocycles. The molecule has 4 heteroatoms. The number of halogens is 1. The number of aryl methyl sites for hydroxylation is 1. The third kappa shape index (κ3) is 2.85. The zero-order valence-electron chi connectivity index (χ0n) is 11.2. The van der Waals surface area contributed by atoms with Crippen LogP contribution in [-0.2, 0) is 13.0 Å². The second-order valence-electron chi connectivity index (χ2n) is 4.63. The number of benzene rings is 2. The number of rotatable bonds is 4. The minimum absolute atomic E-state index is 0.781. The largest absolute Gasteiger partial charge is 0.441 e. The van der Waals surface area contributed by atoms with E-state index in [0.29, 0.717) is 0 Å². The van der Waals surface area contributed by atoms with Crippen molar-refractivity contribution >= 4 is 32.7 Å². The van der Waals surface area contributed by atoms with Crippen molar-refractivity contribution in [1.29, 1.82) is 0 Å². The molecule has 0 saturated carbocycles. The molecule has 102 valence electrons. The van der Waals surface area contributed by atoms with Crippen molar-refractivity contribution in [3.05, 3.63) is 58.4 Å². The summed E-state index contributed by atoms with van der Waals surface area (Å²) in [6.07, 6.45) is 0.815. The number of aromatic nitrogens is 1. The summed E-state index contributed by atoms with van der Waals surface area (Å²) in [7, 11) is 0. The maximum atomic E-state index is 5.61. The molecule has 0 atom stereocenters. The van der Waals surface area contributed by atoms with E-state index in [9.17, 15) is 0 Å². The molecule has 0 radical (unpaired) electrons. The Morgan fingerprint density at radius 3 is 2.90 bits per heavy atom. The zero-order valence-corrected chi connectivity index (χ0v) is 12.8. The number of hydrogen-bond acceptors (Lipinski definition) is 3. The maximum absolute atomic E-state index is 5.61. The van der Waals surface area contributed by atoms with Crippen molar-refractivity contribution in [1.82, 2.24) is 4.98 Å². The van der Waals surface area contributed by atoms with Crippen LogP contribution >= 0.6 is 15.9 Å². The quantitative estimate of drug-likeness (QED) is 0.749. The minimum Gasteiger partial charge on any atom is -0.441 e. The average Bonchev–Trinajstić information content (AvgIpc) is 2.87. The first-order chi connectivity index (χ1) is 9.74. The van der Waals surface area contributed by atoms with Crippen molar-refractivity contribution in [3.8, 4) is 0 Å². The standard InChI is InChI=1S/C16H15BrN2O/c1-2-16-19-14-9-13(6-7-15(14)20-16)18-10-11-4-3-5-12(17)8-11/h3-9,18H,2,10H2,1H3. The van der Waals surface area contributed by atoms with Crippen LogP contribution < -0.4 is 5.32 Å². The van der Waals surface area contributed by atoms with Crippen LogP contribution in [0, 0.1) is 0 Å². The molecule has 1 heterocycles. The van der Waals surface area contributed by atoms with Crippen LogP contribution in [-0.4, -0.2) is 4.98 Å². The fraction of sp³-hybridized carbons (Fsp3) is 0.188. The summed E-state index contributed by atoms with van der Waals surface area (Å²) < 4.78 is 6.70. The van der Waals surface area contributed by atoms with Gasteiger partial charge in [0.2, 0.25) is 0 Å². The molecule has 1 N–H and O–H groups in total. The van der Waals surface area contributed by atoms with Gasteiger partial charge in [-0.2, -0.15) is 0 Å². The molecule has 0 aliphatic rings. The summed E-state index contributed by atoms with van der Waals surface area (Å²) in [5.74, 6) is 0.782. The molecule has 0 unspecified atom stereocenters. The fourth-order valence-electron chi connectivity index (χ4n) is 2.09. The van der Waals surface area contributed by atoms with E-state index in [1.54, 1.807) is 0 Å². The molecule has 0 bridgehead atoms. The minimum atomic E-state index is 0.781. The lowest BCUT2D eigenvalue weighted by Crippen LogP contribution is -1.98. The van der Waals surface area contributed by atoms with Crippen molar-refractivity contribution in [3.63, 3.8) is 0 Å². The van der Waals surface area contributed by atoms with Gasteiger partial charge in [0.1, 0.15) is 5.52 Å². The van der Waals surface area contributed by atoms with Gasteiger partial charge in [-0.3, -0.25) is 0 Å². The second kappa shape index (κ2) is 5.67. The van der Waals surface area contributed by atoms with Crippen LogP contribution in [0.1, 0.15) is 18.4 Å². The van der Waals surface area contributed by atoms with Gasteiger partial charge < -0.3 is 9.73 Å². The summed E-state index contributed by atoms with van der Waals surface area (Å²) in [5.41, 5.74) is 4.03. The van der Waals surface area contributed by atoms with Crippen molar-refractivity contribution in [2.45, 2.75) is 19.9 Å². The summed E-state index contributed by atoms with van der Waals surface area (Å²) in [5, 5.41) is 3.41. The summed E-state index contributed by atoms with van der Waals surface area (Å²) in [6.45, 7) is 2.82. The number of nitrogens with one attached hydrogen (secondary N) is 1. The summed E-state index contributed by atoms with van der Waals surface area (Å²) >= 11 is 3.48. The first kappa shape index (κ1) is 13.2. The Labute approximate surface area is 126 Å². The van der Waals surface area contributed by atoms with Crippen LogP contribution in [0.2, 0.25) is 0 Å². The Balaban J connectivity index is 1.77. The molecular formula is C16H15BrN2O. The van der Waals surface area contributed by atoms with Crippen LogP contribution in [0.5, 0.6) is 0 Å². The van der Waals surface area contributed by atoms with Gasteiger partial charge in [-0.05, 0) is 35.9 Å². The third-order valence-corrected chi connectivity index (χ3v) is 3.61. The van der Waals surface area contributed by atoms with E-state index in [1.807, 2.05) is 37.3 Å². The first-order valence-electron chi connectivity index (χ1n) is 6.62. The SMILES string of the molecule is CCc1nc2cc(NCc3cccc(Br)c3)ccc2o1. The maximum Gasteiger partial charge on any atom is 0.195 e. The van der Waals surface area contributed by atoms with Gasteiger partial charge in [0.15, 0.2) is 11.5 Å². The molecule has 1 aromatic heterocycles. The van der Waals surface area contributed by atoms with Crippen molar-refractivity contribution in [2.75, 3.05) is 5.32 Å². The molecule has 3 aromatic rings. The lowest BCUT2D eigenvalue weighted by molar-refractivity contribution is 0.538. The van der Waals surface area contributed by atoms with E-state index >= 15 is 0 Å². The highest BCUT2D eigenvalue weighted by Gasteiger charge is 2.04. The molecule has 3 rings (SSSR count).